The molecule has 6 nitrogen and oxygen atoms in total. The maximum Gasteiger partial charge on any atom is 0.335 e. The molecule has 1 atom stereocenters. The summed E-state index contributed by atoms with van der Waals surface area (Å²) in [5.41, 5.74) is 1.85. The van der Waals surface area contributed by atoms with Crippen molar-refractivity contribution in [2.24, 2.45) is 10.9 Å². The summed E-state index contributed by atoms with van der Waals surface area (Å²) in [6.07, 6.45) is 1.30. The lowest BCUT2D eigenvalue weighted by molar-refractivity contribution is -0.131. The van der Waals surface area contributed by atoms with Gasteiger partial charge in [0.1, 0.15) is 0 Å². The number of anilines is 1. The molecule has 0 saturated carbocycles. The predicted octanol–water partition coefficient (Wildman–Crippen LogP) is 3.75. The Balaban J connectivity index is 1.70. The molecule has 1 aliphatic heterocycles. The lowest BCUT2D eigenvalue weighted by atomic mass is 10.0. The molecule has 0 aliphatic carbocycles. The van der Waals surface area contributed by atoms with Crippen LogP contribution in [0.15, 0.2) is 71.7 Å². The Kier molecular flexibility index (Phi) is 4.45. The Morgan fingerprint density at radius 2 is 1.64 bits per heavy atom. The Labute approximate surface area is 161 Å². The fourth-order valence-corrected chi connectivity index (χ4v) is 3.24. The number of fused-ring (bicyclic) bond motifs is 1. The van der Waals surface area contributed by atoms with Crippen molar-refractivity contribution in [2.45, 2.75) is 6.92 Å². The van der Waals surface area contributed by atoms with Crippen molar-refractivity contribution in [1.82, 2.24) is 5.32 Å². The largest absolute Gasteiger partial charge is 0.335 e. The van der Waals surface area contributed by atoms with Gasteiger partial charge in [-0.05, 0) is 30.0 Å². The third-order valence-electron chi connectivity index (χ3n) is 4.69. The van der Waals surface area contributed by atoms with Gasteiger partial charge in [0.25, 0.3) is 5.91 Å². The van der Waals surface area contributed by atoms with Gasteiger partial charge in [0, 0.05) is 11.6 Å². The number of imide groups is 2. The predicted molar refractivity (Wildman–Crippen MR) is 108 cm³/mol. The van der Waals surface area contributed by atoms with E-state index in [2.05, 4.69) is 10.3 Å². The first-order chi connectivity index (χ1) is 13.6. The van der Waals surface area contributed by atoms with Gasteiger partial charge in [-0.1, -0.05) is 54.6 Å². The monoisotopic (exact) mass is 371 g/mol. The second kappa shape index (κ2) is 7.08. The molecule has 3 aromatic carbocycles. The van der Waals surface area contributed by atoms with Gasteiger partial charge in [-0.3, -0.25) is 19.9 Å². The number of aliphatic imine (C=N–C) groups is 1. The maximum atomic E-state index is 12.9. The van der Waals surface area contributed by atoms with E-state index in [1.165, 1.54) is 6.21 Å². The van der Waals surface area contributed by atoms with Crippen molar-refractivity contribution >= 4 is 46.2 Å². The zero-order valence-corrected chi connectivity index (χ0v) is 15.1. The van der Waals surface area contributed by atoms with Crippen LogP contribution in [0.3, 0.4) is 0 Å². The van der Waals surface area contributed by atoms with Gasteiger partial charge in [-0.25, -0.2) is 9.69 Å². The molecule has 1 N–H and O–H groups in total. The molecule has 3 aromatic rings. The summed E-state index contributed by atoms with van der Waals surface area (Å²) in [7, 11) is 0. The number of hydrogen-bond acceptors (Lipinski definition) is 4. The average Bonchev–Trinajstić information content (AvgIpc) is 2.69. The molecule has 0 unspecified atom stereocenters. The van der Waals surface area contributed by atoms with Crippen LogP contribution in [0.5, 0.6) is 0 Å². The first kappa shape index (κ1) is 17.6. The molecular weight excluding hydrogens is 354 g/mol. The van der Waals surface area contributed by atoms with Crippen LogP contribution in [-0.4, -0.2) is 24.1 Å². The van der Waals surface area contributed by atoms with Crippen molar-refractivity contribution in [3.63, 3.8) is 0 Å². The third-order valence-corrected chi connectivity index (χ3v) is 4.69. The zero-order chi connectivity index (χ0) is 19.7. The van der Waals surface area contributed by atoms with Crippen LogP contribution in [0.1, 0.15) is 5.56 Å². The van der Waals surface area contributed by atoms with Crippen LogP contribution < -0.4 is 10.2 Å². The molecule has 138 valence electrons. The van der Waals surface area contributed by atoms with Crippen molar-refractivity contribution in [2.75, 3.05) is 4.90 Å². The summed E-state index contributed by atoms with van der Waals surface area (Å²) < 4.78 is 0. The van der Waals surface area contributed by atoms with E-state index >= 15 is 0 Å². The molecular formula is C22H17N3O3. The Bertz CT molecular complexity index is 1130. The van der Waals surface area contributed by atoms with Crippen LogP contribution in [0.2, 0.25) is 0 Å². The summed E-state index contributed by atoms with van der Waals surface area (Å²) >= 11 is 0. The van der Waals surface area contributed by atoms with E-state index in [1.54, 1.807) is 25.1 Å². The highest BCUT2D eigenvalue weighted by atomic mass is 16.2. The average molecular weight is 371 g/mol. The van der Waals surface area contributed by atoms with Gasteiger partial charge in [-0.15, -0.1) is 0 Å². The fourth-order valence-electron chi connectivity index (χ4n) is 3.24. The Morgan fingerprint density at radius 3 is 2.46 bits per heavy atom. The van der Waals surface area contributed by atoms with Gasteiger partial charge in [0.05, 0.1) is 11.4 Å². The minimum Gasteiger partial charge on any atom is -0.276 e. The topological polar surface area (TPSA) is 78.8 Å². The van der Waals surface area contributed by atoms with E-state index in [-0.39, 0.29) is 0 Å². The molecule has 0 aromatic heterocycles. The van der Waals surface area contributed by atoms with Gasteiger partial charge in [0.2, 0.25) is 5.91 Å². The number of carbonyl (C=O) groups is 3. The van der Waals surface area contributed by atoms with E-state index in [0.29, 0.717) is 11.4 Å². The molecule has 1 fully saturated rings. The fraction of sp³-hybridized carbons (Fsp3) is 0.0909. The van der Waals surface area contributed by atoms with E-state index < -0.39 is 23.8 Å². The summed E-state index contributed by atoms with van der Waals surface area (Å²) in [6, 6.07) is 19.6. The van der Waals surface area contributed by atoms with Crippen molar-refractivity contribution in [1.29, 1.82) is 0 Å². The molecule has 1 aliphatic rings. The number of hydrogen-bond donors (Lipinski definition) is 1. The van der Waals surface area contributed by atoms with Gasteiger partial charge >= 0.3 is 6.03 Å². The SMILES string of the molecule is Cc1ccccc1N1C(=O)NC(=O)[C@H](C=Nc2cccc3ccccc23)C1=O. The number of para-hydroxylation sites is 1. The normalized spacial score (nSPS) is 17.4. The first-order valence-electron chi connectivity index (χ1n) is 8.82. The molecule has 28 heavy (non-hydrogen) atoms. The molecule has 0 radical (unpaired) electrons. The number of urea groups is 1. The number of amides is 4. The maximum absolute atomic E-state index is 12.9. The standard InChI is InChI=1S/C22H17N3O3/c1-14-7-2-5-12-19(14)25-21(27)17(20(26)24-22(25)28)13-23-18-11-6-9-15-8-3-4-10-16(15)18/h2-13,17H,1H3,(H,24,26,28)/t17-/m0/s1. The zero-order valence-electron chi connectivity index (χ0n) is 15.1. The number of nitrogens with one attached hydrogen (secondary N) is 1. The van der Waals surface area contributed by atoms with Crippen LogP contribution in [-0.2, 0) is 9.59 Å². The molecule has 6 heteroatoms. The highest BCUT2D eigenvalue weighted by Crippen LogP contribution is 2.27. The Hall–Kier alpha value is -3.80. The highest BCUT2D eigenvalue weighted by molar-refractivity contribution is 6.32. The van der Waals surface area contributed by atoms with Crippen LogP contribution in [0.4, 0.5) is 16.2 Å². The van der Waals surface area contributed by atoms with Crippen LogP contribution >= 0.6 is 0 Å². The van der Waals surface area contributed by atoms with Gasteiger partial charge in [-0.2, -0.15) is 0 Å². The second-order valence-electron chi connectivity index (χ2n) is 6.51. The highest BCUT2D eigenvalue weighted by Gasteiger charge is 2.40. The quantitative estimate of drug-likeness (QED) is 0.562. The lowest BCUT2D eigenvalue weighted by Gasteiger charge is -2.29. The van der Waals surface area contributed by atoms with E-state index in [4.69, 9.17) is 0 Å². The molecule has 1 heterocycles. The van der Waals surface area contributed by atoms with Crippen LogP contribution in [0, 0.1) is 12.8 Å². The van der Waals surface area contributed by atoms with E-state index in [1.807, 2.05) is 48.5 Å². The lowest BCUT2D eigenvalue weighted by Crippen LogP contribution is -2.58. The van der Waals surface area contributed by atoms with Gasteiger partial charge in [0.15, 0.2) is 5.92 Å². The minimum atomic E-state index is -1.18. The summed E-state index contributed by atoms with van der Waals surface area (Å²) in [5.74, 6) is -2.48. The first-order valence-corrected chi connectivity index (χ1v) is 8.82. The number of nitrogens with zero attached hydrogens (tertiary/aromatic N) is 2. The second-order valence-corrected chi connectivity index (χ2v) is 6.51. The molecule has 4 rings (SSSR count). The summed E-state index contributed by atoms with van der Waals surface area (Å²) in [5, 5.41) is 4.17. The number of benzene rings is 3. The third kappa shape index (κ3) is 3.05. The summed E-state index contributed by atoms with van der Waals surface area (Å²) in [4.78, 5) is 42.9. The number of carbonyl (C=O) groups excluding carboxylic acids is 3. The minimum absolute atomic E-state index is 0.445. The number of rotatable bonds is 3. The van der Waals surface area contributed by atoms with Crippen molar-refractivity contribution in [3.05, 3.63) is 72.3 Å². The van der Waals surface area contributed by atoms with E-state index in [0.717, 1.165) is 21.2 Å². The summed E-state index contributed by atoms with van der Waals surface area (Å²) in [6.45, 7) is 1.80. The number of aryl methyl sites for hydroxylation is 1. The molecule has 0 spiro atoms. The molecule has 0 bridgehead atoms. The van der Waals surface area contributed by atoms with Crippen LogP contribution in [0.25, 0.3) is 10.8 Å². The van der Waals surface area contributed by atoms with Gasteiger partial charge < -0.3 is 0 Å². The van der Waals surface area contributed by atoms with Crippen molar-refractivity contribution in [3.8, 4) is 0 Å². The Morgan fingerprint density at radius 1 is 0.929 bits per heavy atom. The smallest absolute Gasteiger partial charge is 0.276 e. The number of barbiturate groups is 1. The molecule has 1 saturated heterocycles. The van der Waals surface area contributed by atoms with E-state index in [9.17, 15) is 14.4 Å². The molecule has 4 amide bonds. The van der Waals surface area contributed by atoms with Crippen molar-refractivity contribution < 1.29 is 14.4 Å².